The lowest BCUT2D eigenvalue weighted by Gasteiger charge is -2.37. The van der Waals surface area contributed by atoms with Crippen molar-refractivity contribution in [3.63, 3.8) is 0 Å². The van der Waals surface area contributed by atoms with E-state index < -0.39 is 0 Å². The summed E-state index contributed by atoms with van der Waals surface area (Å²) >= 11 is 0. The molecule has 0 bridgehead atoms. The lowest BCUT2D eigenvalue weighted by molar-refractivity contribution is 0.0678. The normalized spacial score (nSPS) is 22.0. The molecule has 146 valence electrons. The first kappa shape index (κ1) is 18.3. The van der Waals surface area contributed by atoms with Crippen molar-refractivity contribution in [1.82, 2.24) is 19.8 Å². The Balaban J connectivity index is 1.50. The number of carbonyl (C=O) groups is 1. The minimum Gasteiger partial charge on any atom is -0.354 e. The highest BCUT2D eigenvalue weighted by atomic mass is 16.2. The van der Waals surface area contributed by atoms with Gasteiger partial charge in [0.25, 0.3) is 5.91 Å². The Hall–Kier alpha value is -2.08. The van der Waals surface area contributed by atoms with Crippen molar-refractivity contribution in [2.45, 2.75) is 39.7 Å². The van der Waals surface area contributed by atoms with Gasteiger partial charge in [0, 0.05) is 50.7 Å². The van der Waals surface area contributed by atoms with E-state index in [1.807, 2.05) is 17.2 Å². The van der Waals surface area contributed by atoms with Gasteiger partial charge < -0.3 is 14.8 Å². The average molecular weight is 370 g/mol. The summed E-state index contributed by atoms with van der Waals surface area (Å²) < 4.78 is 0. The number of H-pyrrole nitrogens is 1. The summed E-state index contributed by atoms with van der Waals surface area (Å²) in [5, 5.41) is 1.07. The molecule has 0 saturated carbocycles. The number of nitrogens with zero attached hydrogens (tertiary/aromatic N) is 4. The van der Waals surface area contributed by atoms with Crippen LogP contribution in [0.25, 0.3) is 10.9 Å². The Morgan fingerprint density at radius 1 is 1.19 bits per heavy atom. The lowest BCUT2D eigenvalue weighted by Crippen LogP contribution is -2.49. The monoisotopic (exact) mass is 369 g/mol. The maximum atomic E-state index is 12.9. The number of rotatable bonds is 3. The van der Waals surface area contributed by atoms with Gasteiger partial charge in [0.15, 0.2) is 0 Å². The van der Waals surface area contributed by atoms with Crippen molar-refractivity contribution >= 4 is 22.6 Å². The summed E-state index contributed by atoms with van der Waals surface area (Å²) in [4.78, 5) is 27.6. The van der Waals surface area contributed by atoms with Gasteiger partial charge in [-0.25, -0.2) is 4.98 Å². The number of aromatic amines is 1. The van der Waals surface area contributed by atoms with Gasteiger partial charge in [0.05, 0.1) is 11.7 Å². The zero-order valence-corrected chi connectivity index (χ0v) is 16.7. The van der Waals surface area contributed by atoms with Gasteiger partial charge in [-0.2, -0.15) is 0 Å². The van der Waals surface area contributed by atoms with E-state index in [9.17, 15) is 4.79 Å². The second-order valence-corrected chi connectivity index (χ2v) is 8.43. The second kappa shape index (κ2) is 7.50. The Bertz CT molecular complexity index is 806. The summed E-state index contributed by atoms with van der Waals surface area (Å²) in [6, 6.07) is 4.71. The van der Waals surface area contributed by atoms with Crippen LogP contribution in [0.15, 0.2) is 18.3 Å². The topological polar surface area (TPSA) is 55.5 Å². The van der Waals surface area contributed by atoms with Crippen molar-refractivity contribution in [2.75, 3.05) is 44.2 Å². The van der Waals surface area contributed by atoms with Crippen LogP contribution in [0.2, 0.25) is 0 Å². The van der Waals surface area contributed by atoms with Crippen LogP contribution in [0.5, 0.6) is 0 Å². The van der Waals surface area contributed by atoms with Crippen LogP contribution in [0.4, 0.5) is 5.82 Å². The average Bonchev–Trinajstić information content (AvgIpc) is 3.10. The molecule has 1 unspecified atom stereocenters. The van der Waals surface area contributed by atoms with Crippen LogP contribution in [-0.4, -0.2) is 71.0 Å². The quantitative estimate of drug-likeness (QED) is 0.904. The van der Waals surface area contributed by atoms with Gasteiger partial charge in [-0.3, -0.25) is 9.69 Å². The molecule has 1 atom stereocenters. The second-order valence-electron chi connectivity index (χ2n) is 8.43. The zero-order valence-electron chi connectivity index (χ0n) is 16.7. The fourth-order valence-corrected chi connectivity index (χ4v) is 4.32. The highest BCUT2D eigenvalue weighted by Gasteiger charge is 2.24. The highest BCUT2D eigenvalue weighted by Crippen LogP contribution is 2.24. The predicted molar refractivity (Wildman–Crippen MR) is 109 cm³/mol. The number of amides is 1. The van der Waals surface area contributed by atoms with Crippen LogP contribution in [0, 0.1) is 5.92 Å². The molecule has 1 amide bonds. The number of hydrogen-bond acceptors (Lipinski definition) is 4. The highest BCUT2D eigenvalue weighted by molar-refractivity contribution is 5.98. The maximum absolute atomic E-state index is 12.9. The number of aromatic nitrogens is 2. The SMILES string of the molecule is CC1CCCN(C(=O)c2cc3cc(N4CCN(C(C)C)CC4)ncc3[nH]2)C1. The van der Waals surface area contributed by atoms with Crippen molar-refractivity contribution in [3.8, 4) is 0 Å². The number of pyridine rings is 1. The van der Waals surface area contributed by atoms with E-state index in [0.29, 0.717) is 17.7 Å². The summed E-state index contributed by atoms with van der Waals surface area (Å²) in [5.74, 6) is 1.71. The summed E-state index contributed by atoms with van der Waals surface area (Å²) in [5.41, 5.74) is 1.62. The van der Waals surface area contributed by atoms with Gasteiger partial charge in [-0.1, -0.05) is 6.92 Å². The van der Waals surface area contributed by atoms with E-state index in [0.717, 1.165) is 62.4 Å². The number of carbonyl (C=O) groups excluding carboxylic acids is 1. The molecule has 2 aromatic rings. The van der Waals surface area contributed by atoms with Crippen LogP contribution in [0.1, 0.15) is 44.1 Å². The van der Waals surface area contributed by atoms with Gasteiger partial charge in [0.2, 0.25) is 0 Å². The molecule has 6 heteroatoms. The molecular weight excluding hydrogens is 338 g/mol. The van der Waals surface area contributed by atoms with Gasteiger partial charge in [-0.05, 0) is 44.7 Å². The molecule has 1 N–H and O–H groups in total. The molecule has 4 heterocycles. The third-order valence-corrected chi connectivity index (χ3v) is 6.03. The van der Waals surface area contributed by atoms with E-state index in [1.54, 1.807) is 0 Å². The van der Waals surface area contributed by atoms with E-state index in [4.69, 9.17) is 0 Å². The molecule has 0 aromatic carbocycles. The van der Waals surface area contributed by atoms with Gasteiger partial charge in [-0.15, -0.1) is 0 Å². The van der Waals surface area contributed by atoms with E-state index in [-0.39, 0.29) is 5.91 Å². The zero-order chi connectivity index (χ0) is 19.0. The number of nitrogens with one attached hydrogen (secondary N) is 1. The Morgan fingerprint density at radius 3 is 2.67 bits per heavy atom. The first-order valence-electron chi connectivity index (χ1n) is 10.3. The largest absolute Gasteiger partial charge is 0.354 e. The molecule has 2 saturated heterocycles. The molecule has 0 radical (unpaired) electrons. The summed E-state index contributed by atoms with van der Waals surface area (Å²) in [6.45, 7) is 12.6. The number of hydrogen-bond donors (Lipinski definition) is 1. The molecule has 4 rings (SSSR count). The van der Waals surface area contributed by atoms with Gasteiger partial charge >= 0.3 is 0 Å². The Labute approximate surface area is 161 Å². The third kappa shape index (κ3) is 3.81. The van der Waals surface area contributed by atoms with Crippen LogP contribution >= 0.6 is 0 Å². The van der Waals surface area contributed by atoms with Crippen molar-refractivity contribution in [3.05, 3.63) is 24.0 Å². The Morgan fingerprint density at radius 2 is 1.96 bits per heavy atom. The molecule has 6 nitrogen and oxygen atoms in total. The standard InChI is InChI=1S/C21H31N5O/c1-15(2)24-7-9-25(10-8-24)20-12-17-11-18(23-19(17)13-22-20)21(27)26-6-4-5-16(3)14-26/h11-13,15-16,23H,4-10,14H2,1-3H3. The molecule has 27 heavy (non-hydrogen) atoms. The van der Waals surface area contributed by atoms with Crippen LogP contribution in [-0.2, 0) is 0 Å². The predicted octanol–water partition coefficient (Wildman–Crippen LogP) is 2.97. The maximum Gasteiger partial charge on any atom is 0.270 e. The molecule has 2 aliphatic heterocycles. The lowest BCUT2D eigenvalue weighted by atomic mass is 10.00. The van der Waals surface area contributed by atoms with E-state index in [2.05, 4.69) is 46.6 Å². The Kier molecular flexibility index (Phi) is 5.08. The summed E-state index contributed by atoms with van der Waals surface area (Å²) in [7, 11) is 0. The minimum atomic E-state index is 0.116. The number of piperidine rings is 1. The number of fused-ring (bicyclic) bond motifs is 1. The van der Waals surface area contributed by atoms with Crippen LogP contribution < -0.4 is 4.90 Å². The molecule has 2 aliphatic rings. The van der Waals surface area contributed by atoms with Gasteiger partial charge in [0.1, 0.15) is 11.5 Å². The smallest absolute Gasteiger partial charge is 0.270 e. The minimum absolute atomic E-state index is 0.116. The summed E-state index contributed by atoms with van der Waals surface area (Å²) in [6.07, 6.45) is 4.18. The van der Waals surface area contributed by atoms with Crippen LogP contribution in [0.3, 0.4) is 0 Å². The van der Waals surface area contributed by atoms with Crippen molar-refractivity contribution < 1.29 is 4.79 Å². The van der Waals surface area contributed by atoms with Crippen molar-refractivity contribution in [1.29, 1.82) is 0 Å². The molecule has 0 spiro atoms. The molecule has 0 aliphatic carbocycles. The molecule has 2 fully saturated rings. The molecular formula is C21H31N5O. The fourth-order valence-electron chi connectivity index (χ4n) is 4.32. The number of piperazine rings is 1. The number of anilines is 1. The fraction of sp³-hybridized carbons (Fsp3) is 0.619. The van der Waals surface area contributed by atoms with Crippen molar-refractivity contribution in [2.24, 2.45) is 5.92 Å². The first-order valence-corrected chi connectivity index (χ1v) is 10.3. The van der Waals surface area contributed by atoms with E-state index >= 15 is 0 Å². The number of likely N-dealkylation sites (tertiary alicyclic amines) is 1. The van der Waals surface area contributed by atoms with E-state index in [1.165, 1.54) is 6.42 Å². The molecule has 2 aromatic heterocycles. The third-order valence-electron chi connectivity index (χ3n) is 6.03. The first-order chi connectivity index (χ1) is 13.0.